The minimum absolute atomic E-state index is 0.557. The lowest BCUT2D eigenvalue weighted by Crippen LogP contribution is -2.03. The molecule has 0 bridgehead atoms. The smallest absolute Gasteiger partial charge is 0.336 e. The Bertz CT molecular complexity index is 129. The van der Waals surface area contributed by atoms with Gasteiger partial charge in [0, 0.05) is 0 Å². The summed E-state index contributed by atoms with van der Waals surface area (Å²) in [4.78, 5) is 10.3. The second kappa shape index (κ2) is 7.28. The van der Waals surface area contributed by atoms with Crippen LogP contribution in [0.5, 0.6) is 0 Å². The Hall–Kier alpha value is -0.830. The SMILES string of the molecule is CCCCC=COC(=O)CO. The normalized spacial score (nSPS) is 10.4. The number of rotatable bonds is 5. The van der Waals surface area contributed by atoms with Crippen molar-refractivity contribution < 1.29 is 14.6 Å². The highest BCUT2D eigenvalue weighted by atomic mass is 16.5. The molecule has 0 aliphatic heterocycles. The topological polar surface area (TPSA) is 46.5 Å². The standard InChI is InChI=1S/C8H14O3/c1-2-3-4-5-6-11-8(10)7-9/h5-6,9H,2-4,7H2,1H3. The van der Waals surface area contributed by atoms with E-state index in [1.165, 1.54) is 6.26 Å². The molecule has 0 aromatic rings. The van der Waals surface area contributed by atoms with Gasteiger partial charge in [-0.05, 0) is 18.9 Å². The Balaban J connectivity index is 3.22. The largest absolute Gasteiger partial charge is 0.433 e. The van der Waals surface area contributed by atoms with E-state index >= 15 is 0 Å². The highest BCUT2D eigenvalue weighted by Gasteiger charge is 1.93. The lowest BCUT2D eigenvalue weighted by Gasteiger charge is -1.92. The van der Waals surface area contributed by atoms with Crippen molar-refractivity contribution in [2.24, 2.45) is 0 Å². The van der Waals surface area contributed by atoms with Crippen LogP contribution >= 0.6 is 0 Å². The first-order chi connectivity index (χ1) is 5.31. The molecule has 0 saturated carbocycles. The van der Waals surface area contributed by atoms with E-state index in [0.717, 1.165) is 19.3 Å². The zero-order valence-electron chi connectivity index (χ0n) is 6.75. The molecule has 0 aromatic carbocycles. The summed E-state index contributed by atoms with van der Waals surface area (Å²) in [5.41, 5.74) is 0. The predicted octanol–water partition coefficient (Wildman–Crippen LogP) is 1.23. The maximum Gasteiger partial charge on any atom is 0.336 e. The fourth-order valence-corrected chi connectivity index (χ4v) is 0.551. The summed E-state index contributed by atoms with van der Waals surface area (Å²) < 4.78 is 4.47. The van der Waals surface area contributed by atoms with Gasteiger partial charge in [0.15, 0.2) is 0 Å². The first kappa shape index (κ1) is 10.2. The van der Waals surface area contributed by atoms with E-state index in [0.29, 0.717) is 0 Å². The summed E-state index contributed by atoms with van der Waals surface area (Å²) in [5, 5.41) is 8.23. The summed E-state index contributed by atoms with van der Waals surface area (Å²) in [5.74, 6) is -0.613. The van der Waals surface area contributed by atoms with Gasteiger partial charge in [-0.3, -0.25) is 0 Å². The van der Waals surface area contributed by atoms with Crippen LogP contribution in [0.4, 0.5) is 0 Å². The van der Waals surface area contributed by atoms with E-state index in [1.807, 2.05) is 0 Å². The fraction of sp³-hybridized carbons (Fsp3) is 0.625. The molecule has 3 nitrogen and oxygen atoms in total. The van der Waals surface area contributed by atoms with Crippen molar-refractivity contribution in [2.75, 3.05) is 6.61 Å². The third-order valence-electron chi connectivity index (χ3n) is 1.15. The summed E-state index contributed by atoms with van der Waals surface area (Å²) in [7, 11) is 0. The van der Waals surface area contributed by atoms with E-state index < -0.39 is 12.6 Å². The van der Waals surface area contributed by atoms with E-state index in [4.69, 9.17) is 5.11 Å². The quantitative estimate of drug-likeness (QED) is 0.372. The van der Waals surface area contributed by atoms with Gasteiger partial charge in [0.2, 0.25) is 0 Å². The third kappa shape index (κ3) is 7.06. The summed E-state index contributed by atoms with van der Waals surface area (Å²) in [6.45, 7) is 1.53. The van der Waals surface area contributed by atoms with Crippen LogP contribution in [0.15, 0.2) is 12.3 Å². The maximum atomic E-state index is 10.3. The van der Waals surface area contributed by atoms with E-state index in [2.05, 4.69) is 11.7 Å². The van der Waals surface area contributed by atoms with Gasteiger partial charge in [-0.25, -0.2) is 4.79 Å². The molecule has 0 radical (unpaired) electrons. The van der Waals surface area contributed by atoms with Gasteiger partial charge in [-0.1, -0.05) is 13.3 Å². The van der Waals surface area contributed by atoms with Crippen molar-refractivity contribution in [3.05, 3.63) is 12.3 Å². The lowest BCUT2D eigenvalue weighted by atomic mass is 10.2. The number of esters is 1. The number of hydrogen-bond donors (Lipinski definition) is 1. The number of aliphatic hydroxyl groups is 1. The molecule has 11 heavy (non-hydrogen) atoms. The number of aliphatic hydroxyl groups excluding tert-OH is 1. The molecule has 0 aliphatic rings. The van der Waals surface area contributed by atoms with Crippen LogP contribution in [0.1, 0.15) is 26.2 Å². The van der Waals surface area contributed by atoms with E-state index in [1.54, 1.807) is 6.08 Å². The Labute approximate surface area is 66.7 Å². The van der Waals surface area contributed by atoms with Gasteiger partial charge in [-0.2, -0.15) is 0 Å². The highest BCUT2D eigenvalue weighted by molar-refractivity contribution is 5.70. The number of ether oxygens (including phenoxy) is 1. The Morgan fingerprint density at radius 1 is 1.64 bits per heavy atom. The Kier molecular flexibility index (Phi) is 6.73. The van der Waals surface area contributed by atoms with Crippen LogP contribution in [-0.4, -0.2) is 17.7 Å². The number of hydrogen-bond acceptors (Lipinski definition) is 3. The molecule has 64 valence electrons. The number of unbranched alkanes of at least 4 members (excludes halogenated alkanes) is 2. The van der Waals surface area contributed by atoms with E-state index in [9.17, 15) is 4.79 Å². The summed E-state index contributed by atoms with van der Waals surface area (Å²) in [6.07, 6.45) is 6.23. The van der Waals surface area contributed by atoms with Gasteiger partial charge in [-0.15, -0.1) is 0 Å². The second-order valence-corrected chi connectivity index (χ2v) is 2.16. The van der Waals surface area contributed by atoms with Gasteiger partial charge < -0.3 is 9.84 Å². The minimum Gasteiger partial charge on any atom is -0.433 e. The van der Waals surface area contributed by atoms with Crippen molar-refractivity contribution in [1.29, 1.82) is 0 Å². The van der Waals surface area contributed by atoms with Crippen molar-refractivity contribution in [2.45, 2.75) is 26.2 Å². The molecule has 0 amide bonds. The number of carbonyl (C=O) groups excluding carboxylic acids is 1. The van der Waals surface area contributed by atoms with Crippen LogP contribution in [0, 0.1) is 0 Å². The molecule has 1 N–H and O–H groups in total. The molecule has 0 aliphatic carbocycles. The first-order valence-corrected chi connectivity index (χ1v) is 3.76. The van der Waals surface area contributed by atoms with Crippen LogP contribution in [-0.2, 0) is 9.53 Å². The zero-order valence-corrected chi connectivity index (χ0v) is 6.75. The number of allylic oxidation sites excluding steroid dienone is 1. The van der Waals surface area contributed by atoms with Crippen molar-refractivity contribution in [3.63, 3.8) is 0 Å². The molecular weight excluding hydrogens is 144 g/mol. The predicted molar refractivity (Wildman–Crippen MR) is 41.8 cm³/mol. The van der Waals surface area contributed by atoms with Crippen molar-refractivity contribution in [1.82, 2.24) is 0 Å². The average molecular weight is 158 g/mol. The van der Waals surface area contributed by atoms with Crippen LogP contribution in [0.3, 0.4) is 0 Å². The molecule has 0 heterocycles. The van der Waals surface area contributed by atoms with Gasteiger partial charge in [0.05, 0.1) is 6.26 Å². The van der Waals surface area contributed by atoms with Gasteiger partial charge >= 0.3 is 5.97 Å². The molecule has 3 heteroatoms. The van der Waals surface area contributed by atoms with Crippen molar-refractivity contribution in [3.8, 4) is 0 Å². The van der Waals surface area contributed by atoms with Crippen LogP contribution < -0.4 is 0 Å². The molecule has 0 atom stereocenters. The highest BCUT2D eigenvalue weighted by Crippen LogP contribution is 1.94. The molecule has 0 fully saturated rings. The maximum absolute atomic E-state index is 10.3. The zero-order chi connectivity index (χ0) is 8.53. The third-order valence-corrected chi connectivity index (χ3v) is 1.15. The van der Waals surface area contributed by atoms with Crippen LogP contribution in [0.25, 0.3) is 0 Å². The lowest BCUT2D eigenvalue weighted by molar-refractivity contribution is -0.141. The molecule has 0 unspecified atom stereocenters. The average Bonchev–Trinajstić information content (AvgIpc) is 2.04. The fourth-order valence-electron chi connectivity index (χ4n) is 0.551. The molecule has 0 rings (SSSR count). The summed E-state index contributed by atoms with van der Waals surface area (Å²) >= 11 is 0. The molecule has 0 saturated heterocycles. The molecular formula is C8H14O3. The van der Waals surface area contributed by atoms with Crippen LogP contribution in [0.2, 0.25) is 0 Å². The van der Waals surface area contributed by atoms with E-state index in [-0.39, 0.29) is 0 Å². The first-order valence-electron chi connectivity index (χ1n) is 3.76. The molecule has 0 aromatic heterocycles. The van der Waals surface area contributed by atoms with Crippen molar-refractivity contribution >= 4 is 5.97 Å². The number of carbonyl (C=O) groups is 1. The second-order valence-electron chi connectivity index (χ2n) is 2.16. The monoisotopic (exact) mass is 158 g/mol. The summed E-state index contributed by atoms with van der Waals surface area (Å²) in [6, 6.07) is 0. The molecule has 0 spiro atoms. The Morgan fingerprint density at radius 2 is 2.36 bits per heavy atom. The van der Waals surface area contributed by atoms with Gasteiger partial charge in [0.25, 0.3) is 0 Å². The van der Waals surface area contributed by atoms with Gasteiger partial charge in [0.1, 0.15) is 6.61 Å². The minimum atomic E-state index is -0.613. The Morgan fingerprint density at radius 3 is 2.91 bits per heavy atom.